The van der Waals surface area contributed by atoms with Gasteiger partial charge in [0, 0.05) is 24.2 Å². The molecule has 0 unspecified atom stereocenters. The van der Waals surface area contributed by atoms with Crippen molar-refractivity contribution in [3.63, 3.8) is 0 Å². The molecule has 2 heterocycles. The number of anilines is 1. The summed E-state index contributed by atoms with van der Waals surface area (Å²) in [6, 6.07) is 7.88. The van der Waals surface area contributed by atoms with Gasteiger partial charge in [-0.1, -0.05) is 13.0 Å². The lowest BCUT2D eigenvalue weighted by Gasteiger charge is -2.11. The van der Waals surface area contributed by atoms with E-state index >= 15 is 0 Å². The van der Waals surface area contributed by atoms with Gasteiger partial charge >= 0.3 is 5.97 Å². The van der Waals surface area contributed by atoms with Crippen LogP contribution in [0, 0.1) is 13.8 Å². The number of fused-ring (bicyclic) bond motifs is 1. The van der Waals surface area contributed by atoms with E-state index in [2.05, 4.69) is 10.3 Å². The minimum atomic E-state index is -0.564. The first-order valence-corrected chi connectivity index (χ1v) is 8.45. The van der Waals surface area contributed by atoms with Crippen LogP contribution in [0.4, 0.5) is 5.69 Å². The first-order valence-electron chi connectivity index (χ1n) is 8.45. The third-order valence-corrected chi connectivity index (χ3v) is 4.02. The van der Waals surface area contributed by atoms with E-state index < -0.39 is 5.97 Å². The second-order valence-electron chi connectivity index (χ2n) is 6.04. The van der Waals surface area contributed by atoms with E-state index in [0.717, 1.165) is 4.57 Å². The second kappa shape index (κ2) is 7.45. The summed E-state index contributed by atoms with van der Waals surface area (Å²) in [5, 5.41) is 2.75. The zero-order valence-corrected chi connectivity index (χ0v) is 15.2. The molecule has 0 saturated heterocycles. The largest absolute Gasteiger partial charge is 0.456 e. The molecule has 0 bridgehead atoms. The normalized spacial score (nSPS) is 10.8. The van der Waals surface area contributed by atoms with Crippen LogP contribution in [0.1, 0.15) is 40.7 Å². The molecule has 2 aromatic heterocycles. The second-order valence-corrected chi connectivity index (χ2v) is 6.04. The van der Waals surface area contributed by atoms with E-state index in [1.54, 1.807) is 45.0 Å². The summed E-state index contributed by atoms with van der Waals surface area (Å²) < 4.78 is 11.6. The zero-order chi connectivity index (χ0) is 19.6. The first kappa shape index (κ1) is 18.4. The zero-order valence-electron chi connectivity index (χ0n) is 15.2. The van der Waals surface area contributed by atoms with Gasteiger partial charge in [-0.2, -0.15) is 0 Å². The molecule has 140 valence electrons. The molecule has 1 amide bonds. The smallest absolute Gasteiger partial charge is 0.338 e. The highest BCUT2D eigenvalue weighted by Crippen LogP contribution is 2.20. The van der Waals surface area contributed by atoms with Crippen molar-refractivity contribution in [2.45, 2.75) is 33.8 Å². The molecule has 0 spiro atoms. The Morgan fingerprint density at radius 2 is 2.04 bits per heavy atom. The number of aromatic nitrogens is 2. The minimum Gasteiger partial charge on any atom is -0.456 e. The average Bonchev–Trinajstić information content (AvgIpc) is 3.02. The number of amides is 1. The Balaban J connectivity index is 1.77. The molecule has 3 rings (SSSR count). The number of carbonyl (C=O) groups is 2. The predicted octanol–water partition coefficient (Wildman–Crippen LogP) is 2.61. The Labute approximate surface area is 154 Å². The highest BCUT2D eigenvalue weighted by molar-refractivity contribution is 5.96. The Morgan fingerprint density at radius 3 is 2.78 bits per heavy atom. The number of aryl methyl sites for hydroxylation is 1. The van der Waals surface area contributed by atoms with Crippen LogP contribution in [0.5, 0.6) is 0 Å². The van der Waals surface area contributed by atoms with Gasteiger partial charge in [0.25, 0.3) is 5.56 Å². The molecule has 8 nitrogen and oxygen atoms in total. The summed E-state index contributed by atoms with van der Waals surface area (Å²) in [5.41, 5.74) is 1.79. The number of hydrogen-bond acceptors (Lipinski definition) is 6. The van der Waals surface area contributed by atoms with Crippen molar-refractivity contribution in [3.8, 4) is 0 Å². The lowest BCUT2D eigenvalue weighted by atomic mass is 10.1. The fourth-order valence-electron chi connectivity index (χ4n) is 2.60. The maximum absolute atomic E-state index is 12.4. The molecule has 8 heteroatoms. The SMILES string of the molecule is CCC(=O)Nc1cccc(C(=O)OCc2cc(=O)n3oc(C)cc3n2)c1C. The van der Waals surface area contributed by atoms with Crippen LogP contribution in [-0.4, -0.2) is 21.4 Å². The van der Waals surface area contributed by atoms with Crippen LogP contribution in [0.15, 0.2) is 39.6 Å². The van der Waals surface area contributed by atoms with Crippen LogP contribution >= 0.6 is 0 Å². The molecule has 0 aliphatic rings. The predicted molar refractivity (Wildman–Crippen MR) is 97.7 cm³/mol. The fourth-order valence-corrected chi connectivity index (χ4v) is 2.60. The van der Waals surface area contributed by atoms with Gasteiger partial charge in [0.1, 0.15) is 12.4 Å². The van der Waals surface area contributed by atoms with Gasteiger partial charge in [-0.3, -0.25) is 9.59 Å². The summed E-state index contributed by atoms with van der Waals surface area (Å²) in [5.74, 6) is -0.155. The monoisotopic (exact) mass is 369 g/mol. The maximum Gasteiger partial charge on any atom is 0.338 e. The highest BCUT2D eigenvalue weighted by Gasteiger charge is 2.15. The number of nitrogens with zero attached hydrogens (tertiary/aromatic N) is 2. The third-order valence-electron chi connectivity index (χ3n) is 4.02. The van der Waals surface area contributed by atoms with E-state index in [4.69, 9.17) is 9.26 Å². The molecule has 1 N–H and O–H groups in total. The van der Waals surface area contributed by atoms with E-state index in [0.29, 0.717) is 40.3 Å². The van der Waals surface area contributed by atoms with Crippen molar-refractivity contribution in [1.82, 2.24) is 9.56 Å². The molecule has 27 heavy (non-hydrogen) atoms. The van der Waals surface area contributed by atoms with Crippen molar-refractivity contribution in [1.29, 1.82) is 0 Å². The van der Waals surface area contributed by atoms with Crippen molar-refractivity contribution < 1.29 is 18.8 Å². The molecule has 0 aliphatic heterocycles. The van der Waals surface area contributed by atoms with E-state index in [9.17, 15) is 14.4 Å². The molecular formula is C19H19N3O5. The number of benzene rings is 1. The Bertz CT molecular complexity index is 1080. The third kappa shape index (κ3) is 3.89. The fraction of sp³-hybridized carbons (Fsp3) is 0.263. The standard InChI is InChI=1S/C19H19N3O5/c1-4-17(23)21-15-7-5-6-14(12(15)3)19(25)26-10-13-9-18(24)22-16(20-13)8-11(2)27-22/h5-9H,4,10H2,1-3H3,(H,21,23). The van der Waals surface area contributed by atoms with Crippen molar-refractivity contribution in [2.75, 3.05) is 5.32 Å². The van der Waals surface area contributed by atoms with Crippen LogP contribution in [0.2, 0.25) is 0 Å². The number of carbonyl (C=O) groups excluding carboxylic acids is 2. The Hall–Kier alpha value is -3.42. The average molecular weight is 369 g/mol. The summed E-state index contributed by atoms with van der Waals surface area (Å²) in [6.07, 6.45) is 0.339. The van der Waals surface area contributed by atoms with Gasteiger partial charge in [0.05, 0.1) is 11.3 Å². The van der Waals surface area contributed by atoms with Crippen LogP contribution in [0.25, 0.3) is 5.65 Å². The van der Waals surface area contributed by atoms with Crippen LogP contribution < -0.4 is 10.9 Å². The summed E-state index contributed by atoms with van der Waals surface area (Å²) in [6.45, 7) is 5.03. The highest BCUT2D eigenvalue weighted by atomic mass is 16.5. The number of nitrogens with one attached hydrogen (secondary N) is 1. The molecular weight excluding hydrogens is 350 g/mol. The molecule has 3 aromatic rings. The summed E-state index contributed by atoms with van der Waals surface area (Å²) >= 11 is 0. The Morgan fingerprint density at radius 1 is 1.26 bits per heavy atom. The number of ether oxygens (including phenoxy) is 1. The van der Waals surface area contributed by atoms with Gasteiger partial charge < -0.3 is 14.6 Å². The van der Waals surface area contributed by atoms with Crippen molar-refractivity contribution in [3.05, 3.63) is 63.3 Å². The van der Waals surface area contributed by atoms with Gasteiger partial charge in [-0.05, 0) is 31.5 Å². The number of rotatable bonds is 5. The summed E-state index contributed by atoms with van der Waals surface area (Å²) in [4.78, 5) is 40.3. The van der Waals surface area contributed by atoms with E-state index in [1.807, 2.05) is 0 Å². The van der Waals surface area contributed by atoms with Gasteiger partial charge in [0.15, 0.2) is 5.65 Å². The molecule has 0 fully saturated rings. The molecule has 0 saturated carbocycles. The maximum atomic E-state index is 12.4. The lowest BCUT2D eigenvalue weighted by Crippen LogP contribution is -2.16. The van der Waals surface area contributed by atoms with Crippen LogP contribution in [0.3, 0.4) is 0 Å². The minimum absolute atomic E-state index is 0.142. The molecule has 0 atom stereocenters. The molecule has 1 aromatic carbocycles. The van der Waals surface area contributed by atoms with E-state index in [-0.39, 0.29) is 18.1 Å². The topological polar surface area (TPSA) is 103 Å². The van der Waals surface area contributed by atoms with Crippen molar-refractivity contribution >= 4 is 23.2 Å². The van der Waals surface area contributed by atoms with E-state index in [1.165, 1.54) is 6.07 Å². The van der Waals surface area contributed by atoms with Gasteiger partial charge in [-0.25, -0.2) is 9.78 Å². The molecule has 0 aliphatic carbocycles. The first-order chi connectivity index (χ1) is 12.9. The summed E-state index contributed by atoms with van der Waals surface area (Å²) in [7, 11) is 0. The number of esters is 1. The Kier molecular flexibility index (Phi) is 5.07. The van der Waals surface area contributed by atoms with Gasteiger partial charge in [0.2, 0.25) is 5.91 Å². The quantitative estimate of drug-likeness (QED) is 0.694. The van der Waals surface area contributed by atoms with Crippen LogP contribution in [-0.2, 0) is 16.1 Å². The van der Waals surface area contributed by atoms with Gasteiger partial charge in [-0.15, -0.1) is 4.57 Å². The lowest BCUT2D eigenvalue weighted by molar-refractivity contribution is -0.115. The number of hydrogen-bond donors (Lipinski definition) is 1. The molecule has 0 radical (unpaired) electrons. The van der Waals surface area contributed by atoms with Crippen molar-refractivity contribution in [2.24, 2.45) is 0 Å².